The summed E-state index contributed by atoms with van der Waals surface area (Å²) in [5.74, 6) is -0.862. The van der Waals surface area contributed by atoms with E-state index in [4.69, 9.17) is 9.47 Å². The molecular weight excluding hydrogens is 431 g/mol. The van der Waals surface area contributed by atoms with Gasteiger partial charge in [-0.05, 0) is 18.6 Å². The standard InChI is InChI=1S/C23H23FN4O5/c1-32-18-5-3-4-12(20(18)33-2)9-27-11-16(23(30)31)19(29)15-7-17(24)22(26-21(15)27)28-10-13-6-14(28)8-25-13/h3-5,7,11,13-14,25H,6,8-10H2,1-2H3,(H,30,31)/t13-,14-/m0/s1. The molecule has 2 aromatic heterocycles. The van der Waals surface area contributed by atoms with Gasteiger partial charge in [0.25, 0.3) is 0 Å². The quantitative estimate of drug-likeness (QED) is 0.582. The van der Waals surface area contributed by atoms with Crippen molar-refractivity contribution in [2.24, 2.45) is 0 Å². The largest absolute Gasteiger partial charge is 0.493 e. The van der Waals surface area contributed by atoms with Crippen LogP contribution in [0.4, 0.5) is 10.2 Å². The maximum absolute atomic E-state index is 15.1. The number of aromatic carboxylic acids is 1. The number of methoxy groups -OCH3 is 2. The van der Waals surface area contributed by atoms with Gasteiger partial charge in [-0.3, -0.25) is 4.79 Å². The number of carbonyl (C=O) groups is 1. The summed E-state index contributed by atoms with van der Waals surface area (Å²) < 4.78 is 27.5. The summed E-state index contributed by atoms with van der Waals surface area (Å²) in [7, 11) is 3.03. The van der Waals surface area contributed by atoms with E-state index in [0.717, 1.165) is 19.0 Å². The van der Waals surface area contributed by atoms with E-state index in [-0.39, 0.29) is 35.5 Å². The molecule has 4 heterocycles. The molecule has 2 aliphatic heterocycles. The first-order chi connectivity index (χ1) is 15.9. The fourth-order valence-electron chi connectivity index (χ4n) is 4.83. The number of hydrogen-bond donors (Lipinski definition) is 2. The normalized spacial score (nSPS) is 19.3. The van der Waals surface area contributed by atoms with Crippen molar-refractivity contribution in [2.75, 3.05) is 32.2 Å². The number of carboxylic acids is 1. The predicted molar refractivity (Wildman–Crippen MR) is 119 cm³/mol. The van der Waals surface area contributed by atoms with Gasteiger partial charge in [-0.1, -0.05) is 12.1 Å². The molecule has 9 nitrogen and oxygen atoms in total. The van der Waals surface area contributed by atoms with Gasteiger partial charge in [0, 0.05) is 36.9 Å². The van der Waals surface area contributed by atoms with Crippen LogP contribution in [0.5, 0.6) is 11.5 Å². The van der Waals surface area contributed by atoms with E-state index in [1.54, 1.807) is 22.8 Å². The van der Waals surface area contributed by atoms with Gasteiger partial charge in [-0.15, -0.1) is 0 Å². The molecule has 10 heteroatoms. The smallest absolute Gasteiger partial charge is 0.341 e. The summed E-state index contributed by atoms with van der Waals surface area (Å²) >= 11 is 0. The van der Waals surface area contributed by atoms with Gasteiger partial charge in [-0.2, -0.15) is 0 Å². The van der Waals surface area contributed by atoms with Crippen LogP contribution in [0.25, 0.3) is 11.0 Å². The molecule has 2 fully saturated rings. The number of carboxylic acid groups (broad SMARTS) is 1. The molecule has 3 aromatic rings. The van der Waals surface area contributed by atoms with Crippen LogP contribution in [0.2, 0.25) is 0 Å². The zero-order chi connectivity index (χ0) is 23.3. The lowest BCUT2D eigenvalue weighted by Gasteiger charge is -2.29. The van der Waals surface area contributed by atoms with Crippen molar-refractivity contribution in [1.82, 2.24) is 14.9 Å². The Labute approximate surface area is 188 Å². The molecule has 33 heavy (non-hydrogen) atoms. The second-order valence-electron chi connectivity index (χ2n) is 8.27. The Bertz CT molecular complexity index is 1320. The summed E-state index contributed by atoms with van der Waals surface area (Å²) in [5, 5.41) is 12.9. The Balaban J connectivity index is 1.70. The van der Waals surface area contributed by atoms with E-state index in [2.05, 4.69) is 10.3 Å². The number of halogens is 1. The maximum Gasteiger partial charge on any atom is 0.341 e. The van der Waals surface area contributed by atoms with Crippen molar-refractivity contribution in [3.63, 3.8) is 0 Å². The first kappa shape index (κ1) is 21.2. The molecule has 0 unspecified atom stereocenters. The SMILES string of the molecule is COc1cccc(Cn2cc(C(=O)O)c(=O)c3cc(F)c(N4C[C@@H]5C[C@H]4CN5)nc32)c1OC. The molecule has 2 saturated heterocycles. The van der Waals surface area contributed by atoms with Crippen molar-refractivity contribution >= 4 is 22.8 Å². The van der Waals surface area contributed by atoms with Crippen LogP contribution in [-0.2, 0) is 6.54 Å². The molecule has 5 rings (SSSR count). The molecule has 2 bridgehead atoms. The number of anilines is 1. The average molecular weight is 454 g/mol. The lowest BCUT2D eigenvalue weighted by Crippen LogP contribution is -2.44. The van der Waals surface area contributed by atoms with Gasteiger partial charge in [0.1, 0.15) is 11.2 Å². The fraction of sp³-hybridized carbons (Fsp3) is 0.348. The summed E-state index contributed by atoms with van der Waals surface area (Å²) in [6.07, 6.45) is 2.16. The van der Waals surface area contributed by atoms with Gasteiger partial charge in [-0.25, -0.2) is 14.2 Å². The Hall–Kier alpha value is -3.66. The minimum Gasteiger partial charge on any atom is -0.493 e. The zero-order valence-electron chi connectivity index (χ0n) is 18.2. The summed E-state index contributed by atoms with van der Waals surface area (Å²) in [4.78, 5) is 31.1. The molecule has 2 aliphatic rings. The fourth-order valence-corrected chi connectivity index (χ4v) is 4.83. The van der Waals surface area contributed by atoms with E-state index in [9.17, 15) is 14.7 Å². The molecule has 0 spiro atoms. The third-order valence-corrected chi connectivity index (χ3v) is 6.37. The molecular formula is C23H23FN4O5. The van der Waals surface area contributed by atoms with Gasteiger partial charge >= 0.3 is 5.97 Å². The topological polar surface area (TPSA) is 106 Å². The molecule has 172 valence electrons. The van der Waals surface area contributed by atoms with Gasteiger partial charge in [0.05, 0.1) is 26.2 Å². The van der Waals surface area contributed by atoms with Crippen molar-refractivity contribution in [1.29, 1.82) is 0 Å². The first-order valence-electron chi connectivity index (χ1n) is 10.6. The van der Waals surface area contributed by atoms with Gasteiger partial charge in [0.2, 0.25) is 5.43 Å². The average Bonchev–Trinajstić information content (AvgIpc) is 3.44. The lowest BCUT2D eigenvalue weighted by molar-refractivity contribution is 0.0695. The Morgan fingerprint density at radius 2 is 2.15 bits per heavy atom. The van der Waals surface area contributed by atoms with Crippen molar-refractivity contribution in [3.05, 3.63) is 57.6 Å². The number of aromatic nitrogens is 2. The van der Waals surface area contributed by atoms with E-state index in [1.807, 2.05) is 4.90 Å². The zero-order valence-corrected chi connectivity index (χ0v) is 18.2. The van der Waals surface area contributed by atoms with Crippen LogP contribution in [-0.4, -0.2) is 60.0 Å². The number of benzene rings is 1. The predicted octanol–water partition coefficient (Wildman–Crippen LogP) is 1.85. The highest BCUT2D eigenvalue weighted by atomic mass is 19.1. The number of hydrogen-bond acceptors (Lipinski definition) is 7. The van der Waals surface area contributed by atoms with E-state index < -0.39 is 22.8 Å². The number of piperazine rings is 1. The Kier molecular flexibility index (Phi) is 5.16. The van der Waals surface area contributed by atoms with Crippen molar-refractivity contribution < 1.29 is 23.8 Å². The number of nitrogens with one attached hydrogen (secondary N) is 1. The maximum atomic E-state index is 15.1. The lowest BCUT2D eigenvalue weighted by atomic mass is 10.1. The highest BCUT2D eigenvalue weighted by Crippen LogP contribution is 2.33. The second kappa shape index (κ2) is 8.04. The van der Waals surface area contributed by atoms with Crippen LogP contribution < -0.4 is 25.1 Å². The summed E-state index contributed by atoms with van der Waals surface area (Å²) in [6.45, 7) is 1.51. The van der Waals surface area contributed by atoms with Gasteiger partial charge in [0.15, 0.2) is 23.1 Å². The highest BCUT2D eigenvalue weighted by molar-refractivity contribution is 5.92. The minimum atomic E-state index is -1.39. The van der Waals surface area contributed by atoms with E-state index >= 15 is 4.39 Å². The molecule has 0 radical (unpaired) electrons. The number of fused-ring (bicyclic) bond motifs is 3. The third kappa shape index (κ3) is 3.46. The van der Waals surface area contributed by atoms with Crippen molar-refractivity contribution in [2.45, 2.75) is 25.0 Å². The van der Waals surface area contributed by atoms with Crippen molar-refractivity contribution in [3.8, 4) is 11.5 Å². The molecule has 1 aromatic carbocycles. The van der Waals surface area contributed by atoms with E-state index in [0.29, 0.717) is 23.6 Å². The van der Waals surface area contributed by atoms with Crippen LogP contribution in [0.1, 0.15) is 22.3 Å². The summed E-state index contributed by atoms with van der Waals surface area (Å²) in [6, 6.07) is 6.85. The Morgan fingerprint density at radius 3 is 2.79 bits per heavy atom. The minimum absolute atomic E-state index is 0.0829. The van der Waals surface area contributed by atoms with Crippen LogP contribution in [0.3, 0.4) is 0 Å². The van der Waals surface area contributed by atoms with Crippen LogP contribution >= 0.6 is 0 Å². The second-order valence-corrected chi connectivity index (χ2v) is 8.27. The molecule has 0 amide bonds. The molecule has 2 atom stereocenters. The third-order valence-electron chi connectivity index (χ3n) is 6.37. The molecule has 2 N–H and O–H groups in total. The Morgan fingerprint density at radius 1 is 1.33 bits per heavy atom. The summed E-state index contributed by atoms with van der Waals surface area (Å²) in [5.41, 5.74) is -0.325. The molecule has 0 saturated carbocycles. The van der Waals surface area contributed by atoms with Crippen LogP contribution in [0.15, 0.2) is 35.3 Å². The number of nitrogens with zero attached hydrogens (tertiary/aromatic N) is 3. The number of rotatable bonds is 6. The van der Waals surface area contributed by atoms with Gasteiger partial charge < -0.3 is 29.4 Å². The van der Waals surface area contributed by atoms with E-state index in [1.165, 1.54) is 20.4 Å². The highest BCUT2D eigenvalue weighted by Gasteiger charge is 2.39. The first-order valence-corrected chi connectivity index (χ1v) is 10.6. The number of pyridine rings is 2. The number of ether oxygens (including phenoxy) is 2. The van der Waals surface area contributed by atoms with Crippen LogP contribution in [0, 0.1) is 5.82 Å². The number of para-hydroxylation sites is 1. The monoisotopic (exact) mass is 454 g/mol. The molecule has 0 aliphatic carbocycles.